The Kier molecular flexibility index (Phi) is 5.04. The van der Waals surface area contributed by atoms with Crippen LogP contribution in [0.4, 0.5) is 0 Å². The van der Waals surface area contributed by atoms with E-state index in [1.165, 1.54) is 0 Å². The lowest BCUT2D eigenvalue weighted by molar-refractivity contribution is 0.0897. The van der Waals surface area contributed by atoms with Crippen molar-refractivity contribution in [3.05, 3.63) is 29.7 Å². The zero-order chi connectivity index (χ0) is 19.7. The number of carbonyl (C=O) groups excluding carboxylic acids is 1. The van der Waals surface area contributed by atoms with Crippen LogP contribution in [0.5, 0.6) is 5.75 Å². The number of benzene rings is 1. The van der Waals surface area contributed by atoms with Crippen molar-refractivity contribution in [2.75, 3.05) is 26.7 Å². The number of methoxy groups -OCH3 is 1. The van der Waals surface area contributed by atoms with Gasteiger partial charge in [0.05, 0.1) is 7.11 Å². The van der Waals surface area contributed by atoms with Crippen LogP contribution in [0, 0.1) is 6.92 Å². The van der Waals surface area contributed by atoms with Crippen LogP contribution in [0.25, 0.3) is 22.6 Å². The second-order valence-electron chi connectivity index (χ2n) is 6.98. The van der Waals surface area contributed by atoms with E-state index in [0.29, 0.717) is 23.9 Å². The van der Waals surface area contributed by atoms with Crippen LogP contribution in [0.1, 0.15) is 36.0 Å². The smallest absolute Gasteiger partial charge is 0.316 e. The van der Waals surface area contributed by atoms with Crippen molar-refractivity contribution in [1.29, 1.82) is 0 Å². The van der Waals surface area contributed by atoms with Gasteiger partial charge in [-0.15, -0.1) is 0 Å². The number of aromatic nitrogens is 2. The molecule has 0 saturated carbocycles. The van der Waals surface area contributed by atoms with E-state index < -0.39 is 0 Å². The molecule has 1 aromatic carbocycles. The Morgan fingerprint density at radius 3 is 3.07 bits per heavy atom. The standard InChI is InChI=1S/C20H24N4O4/c1-4-24-9-5-6-13(24)11-21-19(25)20-22-18(23-28-20)17-12(2)15-10-14(26-3)7-8-16(15)27-17/h7-8,10,13H,4-6,9,11H2,1-3H3,(H,21,25)/t13-/m1/s1. The number of nitrogens with one attached hydrogen (secondary N) is 1. The highest BCUT2D eigenvalue weighted by atomic mass is 16.5. The predicted molar refractivity (Wildman–Crippen MR) is 103 cm³/mol. The van der Waals surface area contributed by atoms with Gasteiger partial charge in [0, 0.05) is 23.5 Å². The zero-order valence-electron chi connectivity index (χ0n) is 16.3. The number of hydrogen-bond donors (Lipinski definition) is 1. The molecule has 2 aromatic heterocycles. The normalized spacial score (nSPS) is 17.3. The molecule has 8 nitrogen and oxygen atoms in total. The molecule has 0 unspecified atom stereocenters. The molecule has 1 aliphatic heterocycles. The quantitative estimate of drug-likeness (QED) is 0.698. The summed E-state index contributed by atoms with van der Waals surface area (Å²) in [6.45, 7) is 6.69. The van der Waals surface area contributed by atoms with Gasteiger partial charge in [0.2, 0.25) is 5.82 Å². The Morgan fingerprint density at radius 2 is 2.29 bits per heavy atom. The molecular weight excluding hydrogens is 360 g/mol. The number of likely N-dealkylation sites (tertiary alicyclic amines) is 1. The van der Waals surface area contributed by atoms with Crippen LogP contribution < -0.4 is 10.1 Å². The summed E-state index contributed by atoms with van der Waals surface area (Å²) in [7, 11) is 1.62. The second kappa shape index (κ2) is 7.63. The lowest BCUT2D eigenvalue weighted by Gasteiger charge is -2.22. The predicted octanol–water partition coefficient (Wildman–Crippen LogP) is 3.01. The highest BCUT2D eigenvalue weighted by molar-refractivity contribution is 5.91. The summed E-state index contributed by atoms with van der Waals surface area (Å²) in [6.07, 6.45) is 2.25. The van der Waals surface area contributed by atoms with E-state index in [4.69, 9.17) is 13.7 Å². The Hall–Kier alpha value is -2.87. The van der Waals surface area contributed by atoms with E-state index in [1.807, 2.05) is 25.1 Å². The third kappa shape index (κ3) is 3.35. The van der Waals surface area contributed by atoms with E-state index in [9.17, 15) is 4.79 Å². The summed E-state index contributed by atoms with van der Waals surface area (Å²) in [6, 6.07) is 5.92. The average Bonchev–Trinajstić information content (AvgIpc) is 3.44. The lowest BCUT2D eigenvalue weighted by Crippen LogP contribution is -2.40. The fourth-order valence-electron chi connectivity index (χ4n) is 3.78. The molecule has 0 radical (unpaired) electrons. The number of amides is 1. The molecule has 1 atom stereocenters. The molecule has 148 valence electrons. The Balaban J connectivity index is 1.50. The van der Waals surface area contributed by atoms with Crippen molar-refractivity contribution in [1.82, 2.24) is 20.4 Å². The molecule has 0 spiro atoms. The minimum Gasteiger partial charge on any atom is -0.497 e. The van der Waals surface area contributed by atoms with Crippen LogP contribution in [0.2, 0.25) is 0 Å². The summed E-state index contributed by atoms with van der Waals surface area (Å²) in [5.41, 5.74) is 1.57. The number of aryl methyl sites for hydroxylation is 1. The van der Waals surface area contributed by atoms with E-state index >= 15 is 0 Å². The van der Waals surface area contributed by atoms with Gasteiger partial charge in [0.15, 0.2) is 5.76 Å². The van der Waals surface area contributed by atoms with Crippen LogP contribution in [-0.2, 0) is 0 Å². The molecular formula is C20H24N4O4. The molecule has 8 heteroatoms. The number of likely N-dealkylation sites (N-methyl/N-ethyl adjacent to an activating group) is 1. The van der Waals surface area contributed by atoms with Gasteiger partial charge in [0.1, 0.15) is 11.3 Å². The van der Waals surface area contributed by atoms with E-state index in [-0.39, 0.29) is 17.6 Å². The van der Waals surface area contributed by atoms with Gasteiger partial charge in [-0.25, -0.2) is 0 Å². The van der Waals surface area contributed by atoms with Crippen LogP contribution in [0.15, 0.2) is 27.1 Å². The van der Waals surface area contributed by atoms with Crippen LogP contribution in [-0.4, -0.2) is 53.7 Å². The lowest BCUT2D eigenvalue weighted by atomic mass is 10.1. The Bertz CT molecular complexity index is 993. The topological polar surface area (TPSA) is 93.6 Å². The fraction of sp³-hybridized carbons (Fsp3) is 0.450. The first-order valence-corrected chi connectivity index (χ1v) is 9.54. The maximum absolute atomic E-state index is 12.4. The van der Waals surface area contributed by atoms with Gasteiger partial charge in [-0.05, 0) is 51.1 Å². The van der Waals surface area contributed by atoms with Crippen LogP contribution >= 0.6 is 0 Å². The average molecular weight is 384 g/mol. The third-order valence-electron chi connectivity index (χ3n) is 5.37. The van der Waals surface area contributed by atoms with Crippen molar-refractivity contribution in [2.24, 2.45) is 0 Å². The first-order valence-electron chi connectivity index (χ1n) is 9.54. The van der Waals surface area contributed by atoms with Gasteiger partial charge < -0.3 is 19.0 Å². The minimum atomic E-state index is -0.364. The number of hydrogen-bond acceptors (Lipinski definition) is 7. The Morgan fingerprint density at radius 1 is 1.43 bits per heavy atom. The molecule has 1 fully saturated rings. The van der Waals surface area contributed by atoms with Crippen molar-refractivity contribution in [2.45, 2.75) is 32.7 Å². The minimum absolute atomic E-state index is 0.0616. The number of rotatable bonds is 6. The summed E-state index contributed by atoms with van der Waals surface area (Å²) in [4.78, 5) is 19.0. The molecule has 3 heterocycles. The highest BCUT2D eigenvalue weighted by Gasteiger charge is 2.25. The van der Waals surface area contributed by atoms with Gasteiger partial charge >= 0.3 is 11.8 Å². The first-order chi connectivity index (χ1) is 13.6. The molecule has 1 aliphatic rings. The maximum atomic E-state index is 12.4. The molecule has 1 amide bonds. The molecule has 0 bridgehead atoms. The van der Waals surface area contributed by atoms with Crippen molar-refractivity contribution < 1.29 is 18.5 Å². The van der Waals surface area contributed by atoms with Crippen molar-refractivity contribution in [3.8, 4) is 17.3 Å². The van der Waals surface area contributed by atoms with Gasteiger partial charge in [-0.2, -0.15) is 4.98 Å². The summed E-state index contributed by atoms with van der Waals surface area (Å²) < 4.78 is 16.3. The number of carbonyl (C=O) groups is 1. The number of fused-ring (bicyclic) bond motifs is 1. The number of nitrogens with zero attached hydrogens (tertiary/aromatic N) is 3. The van der Waals surface area contributed by atoms with E-state index in [1.54, 1.807) is 7.11 Å². The maximum Gasteiger partial charge on any atom is 0.316 e. The monoisotopic (exact) mass is 384 g/mol. The van der Waals surface area contributed by atoms with Gasteiger partial charge in [-0.3, -0.25) is 9.69 Å². The van der Waals surface area contributed by atoms with Gasteiger partial charge in [0.25, 0.3) is 0 Å². The number of furan rings is 1. The molecule has 4 rings (SSSR count). The molecule has 1 saturated heterocycles. The SMILES string of the molecule is CCN1CCC[C@@H]1CNC(=O)c1nc(-c2oc3ccc(OC)cc3c2C)no1. The third-order valence-corrected chi connectivity index (χ3v) is 5.37. The molecule has 1 N–H and O–H groups in total. The number of ether oxygens (including phenoxy) is 1. The molecule has 0 aliphatic carbocycles. The summed E-state index contributed by atoms with van der Waals surface area (Å²) in [5, 5.41) is 7.75. The largest absolute Gasteiger partial charge is 0.497 e. The Labute approximate surface area is 162 Å². The second-order valence-corrected chi connectivity index (χ2v) is 6.98. The summed E-state index contributed by atoms with van der Waals surface area (Å²) >= 11 is 0. The van der Waals surface area contributed by atoms with E-state index in [2.05, 4.69) is 27.3 Å². The fourth-order valence-corrected chi connectivity index (χ4v) is 3.78. The van der Waals surface area contributed by atoms with Gasteiger partial charge in [-0.1, -0.05) is 12.1 Å². The first kappa shape index (κ1) is 18.5. The zero-order valence-corrected chi connectivity index (χ0v) is 16.3. The highest BCUT2D eigenvalue weighted by Crippen LogP contribution is 2.33. The molecule has 3 aromatic rings. The summed E-state index contributed by atoms with van der Waals surface area (Å²) in [5.74, 6) is 1.06. The molecule has 28 heavy (non-hydrogen) atoms. The van der Waals surface area contributed by atoms with E-state index in [0.717, 1.165) is 42.6 Å². The van der Waals surface area contributed by atoms with Crippen LogP contribution in [0.3, 0.4) is 0 Å². The van der Waals surface area contributed by atoms with Crippen molar-refractivity contribution in [3.63, 3.8) is 0 Å². The van der Waals surface area contributed by atoms with Crippen molar-refractivity contribution >= 4 is 16.9 Å².